The molecule has 9 heteroatoms. The van der Waals surface area contributed by atoms with Gasteiger partial charge >= 0.3 is 6.09 Å². The second-order valence-corrected chi connectivity index (χ2v) is 10.5. The fraction of sp³-hybridized carbons (Fsp3) is 0.565. The Labute approximate surface area is 198 Å². The minimum absolute atomic E-state index is 0.0995. The molecular weight excluding hydrogens is 444 g/mol. The number of thiazole rings is 1. The molecule has 2 aromatic rings. The van der Waals surface area contributed by atoms with Gasteiger partial charge in [0.05, 0.1) is 20.9 Å². The standard InChI is InChI=1S/C19H27N3OS2.C4H9NO2/c1-3-22(4-2)25(23)18-12-15(20)10-11-16(18)17-13-21-19(24-17)14-8-6-5-7-9-14;1-3(2)7-4(5)6/h10-14H,3-9,20H2,1-2H3;3H,1-2H3,(H2,5,6). The average Bonchev–Trinajstić information content (AvgIpc) is 3.24. The number of hydrogen-bond donors (Lipinski definition) is 2. The monoisotopic (exact) mass is 480 g/mol. The van der Waals surface area contributed by atoms with Gasteiger partial charge in [0.1, 0.15) is 11.0 Å². The number of primary amides is 1. The molecule has 1 aromatic carbocycles. The molecule has 32 heavy (non-hydrogen) atoms. The second kappa shape index (κ2) is 12.9. The summed E-state index contributed by atoms with van der Waals surface area (Å²) in [6.07, 6.45) is 7.58. The smallest absolute Gasteiger partial charge is 0.404 e. The van der Waals surface area contributed by atoms with E-state index in [2.05, 4.69) is 10.5 Å². The zero-order chi connectivity index (χ0) is 23.7. The number of amides is 1. The van der Waals surface area contributed by atoms with Crippen molar-refractivity contribution in [2.24, 2.45) is 5.73 Å². The fourth-order valence-corrected chi connectivity index (χ4v) is 6.21. The van der Waals surface area contributed by atoms with Gasteiger partial charge in [0.2, 0.25) is 0 Å². The molecule has 0 saturated heterocycles. The van der Waals surface area contributed by atoms with E-state index in [1.165, 1.54) is 37.1 Å². The van der Waals surface area contributed by atoms with E-state index in [0.29, 0.717) is 11.6 Å². The lowest BCUT2D eigenvalue weighted by atomic mass is 9.90. The first-order chi connectivity index (χ1) is 15.3. The summed E-state index contributed by atoms with van der Waals surface area (Å²) in [5, 5.41) is 1.23. The average molecular weight is 481 g/mol. The van der Waals surface area contributed by atoms with Crippen molar-refractivity contribution in [2.75, 3.05) is 18.8 Å². The van der Waals surface area contributed by atoms with Gasteiger partial charge in [0.15, 0.2) is 0 Å². The molecule has 1 amide bonds. The molecule has 7 nitrogen and oxygen atoms in total. The normalized spacial score (nSPS) is 15.3. The summed E-state index contributed by atoms with van der Waals surface area (Å²) in [6.45, 7) is 9.03. The van der Waals surface area contributed by atoms with Crippen LogP contribution in [0.5, 0.6) is 0 Å². The third-order valence-electron chi connectivity index (χ3n) is 5.23. The number of nitrogens with zero attached hydrogens (tertiary/aromatic N) is 2. The van der Waals surface area contributed by atoms with Crippen molar-refractivity contribution >= 4 is 34.1 Å². The molecule has 1 aliphatic carbocycles. The summed E-state index contributed by atoms with van der Waals surface area (Å²) in [5.41, 5.74) is 12.3. The van der Waals surface area contributed by atoms with E-state index >= 15 is 0 Å². The van der Waals surface area contributed by atoms with Gasteiger partial charge < -0.3 is 16.2 Å². The van der Waals surface area contributed by atoms with E-state index in [0.717, 1.165) is 28.4 Å². The number of nitrogens with two attached hydrogens (primary N) is 2. The van der Waals surface area contributed by atoms with E-state index in [4.69, 9.17) is 10.7 Å². The van der Waals surface area contributed by atoms with Crippen molar-refractivity contribution in [3.8, 4) is 10.4 Å². The summed E-state index contributed by atoms with van der Waals surface area (Å²) in [4.78, 5) is 16.4. The number of carbonyl (C=O) groups is 1. The number of aromatic nitrogens is 1. The number of nitrogen functional groups attached to an aromatic ring is 1. The molecule has 1 aromatic heterocycles. The molecule has 4 N–H and O–H groups in total. The van der Waals surface area contributed by atoms with Gasteiger partial charge in [-0.3, -0.25) is 0 Å². The van der Waals surface area contributed by atoms with Crippen molar-refractivity contribution in [1.82, 2.24) is 9.29 Å². The first-order valence-corrected chi connectivity index (χ1v) is 13.2. The third-order valence-corrected chi connectivity index (χ3v) is 8.12. The fourth-order valence-electron chi connectivity index (χ4n) is 3.67. The van der Waals surface area contributed by atoms with Gasteiger partial charge in [-0.05, 0) is 38.8 Å². The minimum Gasteiger partial charge on any atom is -0.447 e. The number of hydrogen-bond acceptors (Lipinski definition) is 6. The maximum atomic E-state index is 13.0. The molecule has 1 saturated carbocycles. The zero-order valence-electron chi connectivity index (χ0n) is 19.5. The van der Waals surface area contributed by atoms with Crippen LogP contribution < -0.4 is 11.5 Å². The van der Waals surface area contributed by atoms with E-state index in [1.807, 2.05) is 42.5 Å². The molecule has 3 rings (SSSR count). The first-order valence-electron chi connectivity index (χ1n) is 11.2. The van der Waals surface area contributed by atoms with Crippen LogP contribution >= 0.6 is 11.3 Å². The molecule has 0 spiro atoms. The lowest BCUT2D eigenvalue weighted by molar-refractivity contribution is 0.125. The lowest BCUT2D eigenvalue weighted by Crippen LogP contribution is -2.25. The predicted octanol–water partition coefficient (Wildman–Crippen LogP) is 5.29. The molecule has 1 heterocycles. The van der Waals surface area contributed by atoms with Gasteiger partial charge in [-0.25, -0.2) is 18.3 Å². The van der Waals surface area contributed by atoms with Crippen LogP contribution in [0.3, 0.4) is 0 Å². The summed E-state index contributed by atoms with van der Waals surface area (Å²) in [7, 11) is -1.21. The van der Waals surface area contributed by atoms with Gasteiger partial charge in [-0.1, -0.05) is 39.2 Å². The Balaban J connectivity index is 0.000000451. The summed E-state index contributed by atoms with van der Waals surface area (Å²) < 4.78 is 19.4. The maximum absolute atomic E-state index is 13.0. The molecule has 0 bridgehead atoms. The predicted molar refractivity (Wildman–Crippen MR) is 133 cm³/mol. The van der Waals surface area contributed by atoms with Crippen molar-refractivity contribution in [2.45, 2.75) is 76.7 Å². The highest BCUT2D eigenvalue weighted by Gasteiger charge is 2.22. The van der Waals surface area contributed by atoms with Gasteiger partial charge in [0, 0.05) is 36.5 Å². The number of ether oxygens (including phenoxy) is 1. The SMILES string of the molecule is CC(C)OC(N)=O.CCN(CC)S(=O)c1cc(N)ccc1-c1cnc(C2CCCCC2)s1. The van der Waals surface area contributed by atoms with Gasteiger partial charge in [-0.2, -0.15) is 0 Å². The summed E-state index contributed by atoms with van der Waals surface area (Å²) >= 11 is 1.75. The quantitative estimate of drug-likeness (QED) is 0.523. The van der Waals surface area contributed by atoms with E-state index in [1.54, 1.807) is 25.2 Å². The van der Waals surface area contributed by atoms with Crippen molar-refractivity contribution in [3.05, 3.63) is 29.4 Å². The molecule has 1 atom stereocenters. The van der Waals surface area contributed by atoms with Crippen LogP contribution in [0.1, 0.15) is 70.7 Å². The third kappa shape index (κ3) is 7.56. The van der Waals surface area contributed by atoms with Gasteiger partial charge in [-0.15, -0.1) is 11.3 Å². The van der Waals surface area contributed by atoms with E-state index in [-0.39, 0.29) is 6.10 Å². The Morgan fingerprint density at radius 2 is 1.91 bits per heavy atom. The van der Waals surface area contributed by atoms with Crippen LogP contribution in [-0.2, 0) is 15.7 Å². The topological polar surface area (TPSA) is 112 Å². The highest BCUT2D eigenvalue weighted by Crippen LogP contribution is 2.39. The van der Waals surface area contributed by atoms with Gasteiger partial charge in [0.25, 0.3) is 0 Å². The highest BCUT2D eigenvalue weighted by atomic mass is 32.2. The second-order valence-electron chi connectivity index (χ2n) is 8.00. The largest absolute Gasteiger partial charge is 0.447 e. The van der Waals surface area contributed by atoms with Crippen LogP contribution in [0.2, 0.25) is 0 Å². The Bertz CT molecular complexity index is 891. The van der Waals surface area contributed by atoms with Crippen molar-refractivity contribution in [1.29, 1.82) is 0 Å². The number of carbonyl (C=O) groups excluding carboxylic acids is 1. The Kier molecular flexibility index (Phi) is 10.6. The first kappa shape index (κ1) is 26.3. The molecular formula is C23H36N4O3S2. The molecule has 0 aliphatic heterocycles. The lowest BCUT2D eigenvalue weighted by Gasteiger charge is -2.19. The Morgan fingerprint density at radius 1 is 1.25 bits per heavy atom. The summed E-state index contributed by atoms with van der Waals surface area (Å²) in [5.74, 6) is 0.595. The van der Waals surface area contributed by atoms with Crippen LogP contribution in [-0.4, -0.2) is 38.8 Å². The van der Waals surface area contributed by atoms with Crippen molar-refractivity contribution in [3.63, 3.8) is 0 Å². The van der Waals surface area contributed by atoms with E-state index < -0.39 is 17.1 Å². The molecule has 1 unspecified atom stereocenters. The Hall–Kier alpha value is -1.97. The van der Waals surface area contributed by atoms with Crippen LogP contribution in [0, 0.1) is 0 Å². The van der Waals surface area contributed by atoms with Crippen molar-refractivity contribution < 1.29 is 13.7 Å². The molecule has 0 radical (unpaired) electrons. The van der Waals surface area contributed by atoms with Crippen LogP contribution in [0.25, 0.3) is 10.4 Å². The zero-order valence-corrected chi connectivity index (χ0v) is 21.1. The van der Waals surface area contributed by atoms with Crippen LogP contribution in [0.15, 0.2) is 29.3 Å². The molecule has 178 valence electrons. The Morgan fingerprint density at radius 3 is 2.44 bits per heavy atom. The van der Waals surface area contributed by atoms with E-state index in [9.17, 15) is 9.00 Å². The summed E-state index contributed by atoms with van der Waals surface area (Å²) in [6, 6.07) is 5.73. The number of benzene rings is 1. The highest BCUT2D eigenvalue weighted by molar-refractivity contribution is 7.82. The molecule has 1 fully saturated rings. The molecule has 1 aliphatic rings. The maximum Gasteiger partial charge on any atom is 0.404 e. The number of anilines is 1. The number of rotatable bonds is 7. The minimum atomic E-state index is -1.21. The van der Waals surface area contributed by atoms with Crippen LogP contribution in [0.4, 0.5) is 10.5 Å².